The maximum atomic E-state index is 9.09. The van der Waals surface area contributed by atoms with Gasteiger partial charge < -0.3 is 15.2 Å². The molecule has 0 aliphatic heterocycles. The van der Waals surface area contributed by atoms with Gasteiger partial charge in [0.05, 0.1) is 18.9 Å². The third kappa shape index (κ3) is 3.26. The summed E-state index contributed by atoms with van der Waals surface area (Å²) in [5.74, 6) is 0.832. The molecule has 0 bridgehead atoms. The van der Waals surface area contributed by atoms with E-state index < -0.39 is 0 Å². The van der Waals surface area contributed by atoms with Gasteiger partial charge in [-0.3, -0.25) is 0 Å². The minimum absolute atomic E-state index is 0.266. The molecule has 1 aromatic carbocycles. The van der Waals surface area contributed by atoms with Gasteiger partial charge in [0, 0.05) is 6.54 Å². The summed E-state index contributed by atoms with van der Waals surface area (Å²) in [6, 6.07) is 7.75. The maximum Gasteiger partial charge on any atom is 0.141 e. The quantitative estimate of drug-likeness (QED) is 0.753. The number of hydrogen-bond donors (Lipinski definition) is 2. The minimum atomic E-state index is -0.266. The predicted molar refractivity (Wildman–Crippen MR) is 57.8 cm³/mol. The Morgan fingerprint density at radius 3 is 2.79 bits per heavy atom. The molecule has 1 aromatic rings. The zero-order valence-electron chi connectivity index (χ0n) is 8.66. The van der Waals surface area contributed by atoms with Gasteiger partial charge in [0.1, 0.15) is 5.75 Å². The highest BCUT2D eigenvalue weighted by Crippen LogP contribution is 2.22. The van der Waals surface area contributed by atoms with Crippen LogP contribution in [0.4, 0.5) is 5.69 Å². The van der Waals surface area contributed by atoms with Crippen LogP contribution in [0.2, 0.25) is 0 Å². The first-order valence-electron chi connectivity index (χ1n) is 4.79. The molecule has 1 atom stereocenters. The lowest BCUT2D eigenvalue weighted by atomic mass is 10.2. The zero-order chi connectivity index (χ0) is 10.4. The Balaban J connectivity index is 2.49. The SMILES string of the molecule is COc1ccccc1NCCC(C)O. The van der Waals surface area contributed by atoms with E-state index >= 15 is 0 Å². The first-order chi connectivity index (χ1) is 6.74. The van der Waals surface area contributed by atoms with Crippen LogP contribution in [0.25, 0.3) is 0 Å². The number of aliphatic hydroxyl groups is 1. The van der Waals surface area contributed by atoms with E-state index in [1.807, 2.05) is 24.3 Å². The lowest BCUT2D eigenvalue weighted by Crippen LogP contribution is -2.10. The normalized spacial score (nSPS) is 12.2. The molecule has 0 heterocycles. The number of methoxy groups -OCH3 is 1. The van der Waals surface area contributed by atoms with E-state index in [9.17, 15) is 0 Å². The number of ether oxygens (including phenoxy) is 1. The van der Waals surface area contributed by atoms with Crippen molar-refractivity contribution in [1.82, 2.24) is 0 Å². The molecule has 3 nitrogen and oxygen atoms in total. The van der Waals surface area contributed by atoms with E-state index in [4.69, 9.17) is 9.84 Å². The lowest BCUT2D eigenvalue weighted by Gasteiger charge is -2.11. The smallest absolute Gasteiger partial charge is 0.141 e. The monoisotopic (exact) mass is 195 g/mol. The van der Waals surface area contributed by atoms with Gasteiger partial charge in [-0.2, -0.15) is 0 Å². The Morgan fingerprint density at radius 2 is 2.14 bits per heavy atom. The van der Waals surface area contributed by atoms with Crippen LogP contribution >= 0.6 is 0 Å². The molecule has 0 aliphatic carbocycles. The number of para-hydroxylation sites is 2. The number of rotatable bonds is 5. The summed E-state index contributed by atoms with van der Waals surface area (Å²) in [5.41, 5.74) is 0.968. The van der Waals surface area contributed by atoms with Crippen LogP contribution in [-0.4, -0.2) is 24.9 Å². The van der Waals surface area contributed by atoms with Crippen molar-refractivity contribution in [3.8, 4) is 5.75 Å². The van der Waals surface area contributed by atoms with Crippen molar-refractivity contribution in [2.75, 3.05) is 19.0 Å². The molecule has 0 saturated heterocycles. The lowest BCUT2D eigenvalue weighted by molar-refractivity contribution is 0.188. The van der Waals surface area contributed by atoms with Gasteiger partial charge in [0.15, 0.2) is 0 Å². The molecule has 0 aromatic heterocycles. The summed E-state index contributed by atoms with van der Waals surface area (Å²) in [6.07, 6.45) is 0.468. The standard InChI is InChI=1S/C11H17NO2/c1-9(13)7-8-12-10-5-3-4-6-11(10)14-2/h3-6,9,12-13H,7-8H2,1-2H3. The van der Waals surface area contributed by atoms with Crippen LogP contribution in [0.1, 0.15) is 13.3 Å². The second-order valence-corrected chi connectivity index (χ2v) is 3.26. The van der Waals surface area contributed by atoms with Crippen molar-refractivity contribution in [2.45, 2.75) is 19.4 Å². The van der Waals surface area contributed by atoms with Gasteiger partial charge in [-0.25, -0.2) is 0 Å². The molecule has 0 aliphatic rings. The van der Waals surface area contributed by atoms with E-state index in [0.29, 0.717) is 0 Å². The summed E-state index contributed by atoms with van der Waals surface area (Å²) in [7, 11) is 1.65. The molecule has 1 rings (SSSR count). The second kappa shape index (κ2) is 5.50. The van der Waals surface area contributed by atoms with Crippen molar-refractivity contribution < 1.29 is 9.84 Å². The number of hydrogen-bond acceptors (Lipinski definition) is 3. The average molecular weight is 195 g/mol. The van der Waals surface area contributed by atoms with Gasteiger partial charge >= 0.3 is 0 Å². The molecular weight excluding hydrogens is 178 g/mol. The number of anilines is 1. The fourth-order valence-corrected chi connectivity index (χ4v) is 1.21. The molecule has 3 heteroatoms. The number of nitrogens with one attached hydrogen (secondary N) is 1. The van der Waals surface area contributed by atoms with Crippen LogP contribution in [0.15, 0.2) is 24.3 Å². The Labute approximate surface area is 84.7 Å². The van der Waals surface area contributed by atoms with E-state index in [0.717, 1.165) is 24.4 Å². The van der Waals surface area contributed by atoms with E-state index in [1.165, 1.54) is 0 Å². The molecule has 0 fully saturated rings. The number of aliphatic hydroxyl groups excluding tert-OH is 1. The summed E-state index contributed by atoms with van der Waals surface area (Å²) in [5, 5.41) is 12.3. The highest BCUT2D eigenvalue weighted by molar-refractivity contribution is 5.55. The predicted octanol–water partition coefficient (Wildman–Crippen LogP) is 1.88. The van der Waals surface area contributed by atoms with E-state index in [-0.39, 0.29) is 6.10 Å². The van der Waals surface area contributed by atoms with Crippen molar-refractivity contribution in [2.24, 2.45) is 0 Å². The van der Waals surface area contributed by atoms with Gasteiger partial charge in [-0.05, 0) is 25.5 Å². The molecule has 14 heavy (non-hydrogen) atoms. The summed E-state index contributed by atoms with van der Waals surface area (Å²) in [6.45, 7) is 2.53. The maximum absolute atomic E-state index is 9.09. The highest BCUT2D eigenvalue weighted by Gasteiger charge is 2.00. The third-order valence-corrected chi connectivity index (χ3v) is 1.98. The fraction of sp³-hybridized carbons (Fsp3) is 0.455. The van der Waals surface area contributed by atoms with Crippen LogP contribution in [0.3, 0.4) is 0 Å². The highest BCUT2D eigenvalue weighted by atomic mass is 16.5. The molecule has 0 saturated carbocycles. The molecular formula is C11H17NO2. The van der Waals surface area contributed by atoms with Gasteiger partial charge in [0.25, 0.3) is 0 Å². The van der Waals surface area contributed by atoms with E-state index in [2.05, 4.69) is 5.32 Å². The number of benzene rings is 1. The molecule has 2 N–H and O–H groups in total. The Kier molecular flexibility index (Phi) is 4.26. The van der Waals surface area contributed by atoms with E-state index in [1.54, 1.807) is 14.0 Å². The Hall–Kier alpha value is -1.22. The third-order valence-electron chi connectivity index (χ3n) is 1.98. The van der Waals surface area contributed by atoms with Gasteiger partial charge in [0.2, 0.25) is 0 Å². The van der Waals surface area contributed by atoms with Gasteiger partial charge in [-0.1, -0.05) is 12.1 Å². The summed E-state index contributed by atoms with van der Waals surface area (Å²) < 4.78 is 5.18. The fourth-order valence-electron chi connectivity index (χ4n) is 1.21. The summed E-state index contributed by atoms with van der Waals surface area (Å²) >= 11 is 0. The Morgan fingerprint density at radius 1 is 1.43 bits per heavy atom. The first kappa shape index (κ1) is 10.9. The molecule has 0 radical (unpaired) electrons. The van der Waals surface area contributed by atoms with Crippen molar-refractivity contribution in [1.29, 1.82) is 0 Å². The molecule has 78 valence electrons. The van der Waals surface area contributed by atoms with Gasteiger partial charge in [-0.15, -0.1) is 0 Å². The molecule has 1 unspecified atom stereocenters. The topological polar surface area (TPSA) is 41.5 Å². The second-order valence-electron chi connectivity index (χ2n) is 3.26. The van der Waals surface area contributed by atoms with Crippen LogP contribution in [0, 0.1) is 0 Å². The zero-order valence-corrected chi connectivity index (χ0v) is 8.66. The van der Waals surface area contributed by atoms with Crippen LogP contribution in [-0.2, 0) is 0 Å². The van der Waals surface area contributed by atoms with Crippen LogP contribution < -0.4 is 10.1 Å². The van der Waals surface area contributed by atoms with Crippen molar-refractivity contribution >= 4 is 5.69 Å². The van der Waals surface area contributed by atoms with Crippen molar-refractivity contribution in [3.05, 3.63) is 24.3 Å². The summed E-state index contributed by atoms with van der Waals surface area (Å²) in [4.78, 5) is 0. The molecule has 0 amide bonds. The first-order valence-corrected chi connectivity index (χ1v) is 4.79. The van der Waals surface area contributed by atoms with Crippen molar-refractivity contribution in [3.63, 3.8) is 0 Å². The van der Waals surface area contributed by atoms with Crippen LogP contribution in [0.5, 0.6) is 5.75 Å². The molecule has 0 spiro atoms. The Bertz CT molecular complexity index is 274. The minimum Gasteiger partial charge on any atom is -0.495 e. The average Bonchev–Trinajstić information content (AvgIpc) is 2.18. The largest absolute Gasteiger partial charge is 0.495 e.